The van der Waals surface area contributed by atoms with E-state index in [9.17, 15) is 0 Å². The molecule has 3 aliphatic rings. The molecule has 2 nitrogen and oxygen atoms in total. The zero-order chi connectivity index (χ0) is 17.7. The van der Waals surface area contributed by atoms with Crippen molar-refractivity contribution in [2.45, 2.75) is 51.4 Å². The molecule has 0 radical (unpaired) electrons. The number of benzene rings is 2. The SMILES string of the molecule is COc1cc2c(cc1C)CCN=C2C1(C2CCCc3ccccc32)CC1. The molecule has 1 unspecified atom stereocenters. The molecule has 0 spiro atoms. The van der Waals surface area contributed by atoms with E-state index in [4.69, 9.17) is 9.73 Å². The van der Waals surface area contributed by atoms with Gasteiger partial charge in [0.25, 0.3) is 0 Å². The summed E-state index contributed by atoms with van der Waals surface area (Å²) in [6.07, 6.45) is 7.45. The molecule has 0 saturated heterocycles. The van der Waals surface area contributed by atoms with Gasteiger partial charge < -0.3 is 4.74 Å². The highest BCUT2D eigenvalue weighted by Gasteiger charge is 2.55. The predicted molar refractivity (Wildman–Crippen MR) is 107 cm³/mol. The quantitative estimate of drug-likeness (QED) is 0.744. The molecule has 1 saturated carbocycles. The molecule has 1 heterocycles. The van der Waals surface area contributed by atoms with Gasteiger partial charge in [-0.25, -0.2) is 0 Å². The van der Waals surface area contributed by atoms with Crippen LogP contribution in [-0.2, 0) is 12.8 Å². The fourth-order valence-electron chi connectivity index (χ4n) is 5.41. The average molecular weight is 345 g/mol. The van der Waals surface area contributed by atoms with Crippen molar-refractivity contribution in [1.82, 2.24) is 0 Å². The standard InChI is InChI=1S/C24H27NO/c1-16-14-18-10-13-25-23(20(18)15-22(16)26-2)24(11-12-24)21-9-5-7-17-6-3-4-8-19(17)21/h3-4,6,8,14-15,21H,5,7,9-13H2,1-2H3. The van der Waals surface area contributed by atoms with E-state index in [2.05, 4.69) is 43.3 Å². The second-order valence-electron chi connectivity index (χ2n) is 8.26. The van der Waals surface area contributed by atoms with Gasteiger partial charge in [-0.05, 0) is 79.7 Å². The minimum absolute atomic E-state index is 0.256. The second-order valence-corrected chi connectivity index (χ2v) is 8.26. The van der Waals surface area contributed by atoms with Crippen molar-refractivity contribution in [2.24, 2.45) is 10.4 Å². The summed E-state index contributed by atoms with van der Waals surface area (Å²) in [5.74, 6) is 1.63. The first-order valence-electron chi connectivity index (χ1n) is 10.0. The normalized spacial score (nSPS) is 22.8. The summed E-state index contributed by atoms with van der Waals surface area (Å²) < 4.78 is 5.64. The highest BCUT2D eigenvalue weighted by molar-refractivity contribution is 6.09. The van der Waals surface area contributed by atoms with Gasteiger partial charge in [0, 0.05) is 23.2 Å². The highest BCUT2D eigenvalue weighted by Crippen LogP contribution is 2.62. The number of fused-ring (bicyclic) bond motifs is 2. The van der Waals surface area contributed by atoms with Crippen LogP contribution in [0.2, 0.25) is 0 Å². The predicted octanol–water partition coefficient (Wildman–Crippen LogP) is 5.25. The lowest BCUT2D eigenvalue weighted by molar-refractivity contribution is 0.411. The van der Waals surface area contributed by atoms with Crippen LogP contribution in [0.25, 0.3) is 0 Å². The number of aliphatic imine (C=N–C) groups is 1. The number of aryl methyl sites for hydroxylation is 2. The smallest absolute Gasteiger partial charge is 0.122 e. The first-order chi connectivity index (χ1) is 12.7. The Bertz CT molecular complexity index is 891. The largest absolute Gasteiger partial charge is 0.496 e. The first kappa shape index (κ1) is 16.1. The summed E-state index contributed by atoms with van der Waals surface area (Å²) in [4.78, 5) is 5.12. The van der Waals surface area contributed by atoms with Crippen LogP contribution in [0.15, 0.2) is 41.4 Å². The molecule has 1 atom stereocenters. The zero-order valence-corrected chi connectivity index (χ0v) is 15.8. The maximum absolute atomic E-state index is 5.64. The third-order valence-corrected chi connectivity index (χ3v) is 6.82. The van der Waals surface area contributed by atoms with Crippen molar-refractivity contribution in [3.8, 4) is 5.75 Å². The fourth-order valence-corrected chi connectivity index (χ4v) is 5.41. The molecule has 2 heteroatoms. The summed E-state index contributed by atoms with van der Waals surface area (Å²) in [5, 5.41) is 0. The third kappa shape index (κ3) is 2.35. The van der Waals surface area contributed by atoms with Gasteiger partial charge in [-0.2, -0.15) is 0 Å². The zero-order valence-electron chi connectivity index (χ0n) is 15.8. The summed E-state index contributed by atoms with van der Waals surface area (Å²) >= 11 is 0. The molecular weight excluding hydrogens is 318 g/mol. The van der Waals surface area contributed by atoms with Gasteiger partial charge in [-0.3, -0.25) is 4.99 Å². The van der Waals surface area contributed by atoms with Crippen molar-refractivity contribution in [3.05, 3.63) is 64.2 Å². The van der Waals surface area contributed by atoms with Gasteiger partial charge in [0.05, 0.1) is 7.11 Å². The van der Waals surface area contributed by atoms with E-state index >= 15 is 0 Å². The van der Waals surface area contributed by atoms with Crippen molar-refractivity contribution >= 4 is 5.71 Å². The summed E-state index contributed by atoms with van der Waals surface area (Å²) in [7, 11) is 1.78. The number of methoxy groups -OCH3 is 1. The summed E-state index contributed by atoms with van der Waals surface area (Å²) in [6.45, 7) is 3.08. The van der Waals surface area contributed by atoms with Crippen molar-refractivity contribution in [3.63, 3.8) is 0 Å². The Morgan fingerprint density at radius 2 is 1.92 bits per heavy atom. The Morgan fingerprint density at radius 1 is 1.08 bits per heavy atom. The van der Waals surface area contributed by atoms with Crippen molar-refractivity contribution in [1.29, 1.82) is 0 Å². The summed E-state index contributed by atoms with van der Waals surface area (Å²) in [5.41, 5.74) is 8.84. The van der Waals surface area contributed by atoms with E-state index in [1.54, 1.807) is 18.2 Å². The molecular formula is C24H27NO. The van der Waals surface area contributed by atoms with E-state index < -0.39 is 0 Å². The van der Waals surface area contributed by atoms with Crippen molar-refractivity contribution in [2.75, 3.05) is 13.7 Å². The minimum atomic E-state index is 0.256. The Kier molecular flexibility index (Phi) is 3.70. The van der Waals surface area contributed by atoms with E-state index in [-0.39, 0.29) is 5.41 Å². The molecule has 2 aliphatic carbocycles. The lowest BCUT2D eigenvalue weighted by Crippen LogP contribution is -2.30. The molecule has 0 bridgehead atoms. The van der Waals surface area contributed by atoms with Crippen LogP contribution in [0.5, 0.6) is 5.75 Å². The first-order valence-corrected chi connectivity index (χ1v) is 10.0. The number of rotatable bonds is 3. The van der Waals surface area contributed by atoms with Crippen LogP contribution in [0.4, 0.5) is 0 Å². The van der Waals surface area contributed by atoms with Crippen LogP contribution >= 0.6 is 0 Å². The molecule has 134 valence electrons. The molecule has 0 amide bonds. The molecule has 26 heavy (non-hydrogen) atoms. The van der Waals surface area contributed by atoms with Crippen LogP contribution in [0, 0.1) is 12.3 Å². The maximum atomic E-state index is 5.64. The van der Waals surface area contributed by atoms with Crippen LogP contribution in [-0.4, -0.2) is 19.4 Å². The lowest BCUT2D eigenvalue weighted by Gasteiger charge is -2.35. The molecule has 2 aromatic carbocycles. The van der Waals surface area contributed by atoms with E-state index in [1.165, 1.54) is 54.5 Å². The summed E-state index contributed by atoms with van der Waals surface area (Å²) in [6, 6.07) is 13.7. The lowest BCUT2D eigenvalue weighted by atomic mass is 9.70. The Morgan fingerprint density at radius 3 is 2.73 bits per heavy atom. The Hall–Kier alpha value is -2.09. The van der Waals surface area contributed by atoms with Gasteiger partial charge >= 0.3 is 0 Å². The molecule has 0 N–H and O–H groups in total. The van der Waals surface area contributed by atoms with E-state index in [1.807, 2.05) is 0 Å². The van der Waals surface area contributed by atoms with Gasteiger partial charge in [-0.15, -0.1) is 0 Å². The van der Waals surface area contributed by atoms with Gasteiger partial charge in [-0.1, -0.05) is 30.3 Å². The topological polar surface area (TPSA) is 21.6 Å². The van der Waals surface area contributed by atoms with E-state index in [0.717, 1.165) is 18.7 Å². The van der Waals surface area contributed by atoms with Crippen LogP contribution in [0.3, 0.4) is 0 Å². The average Bonchev–Trinajstić information content (AvgIpc) is 3.48. The Labute approximate surface area is 156 Å². The van der Waals surface area contributed by atoms with Gasteiger partial charge in [0.15, 0.2) is 0 Å². The highest BCUT2D eigenvalue weighted by atomic mass is 16.5. The maximum Gasteiger partial charge on any atom is 0.122 e. The van der Waals surface area contributed by atoms with Crippen LogP contribution < -0.4 is 4.74 Å². The molecule has 1 fully saturated rings. The molecule has 0 aromatic heterocycles. The van der Waals surface area contributed by atoms with Crippen molar-refractivity contribution < 1.29 is 4.74 Å². The number of hydrogen-bond donors (Lipinski definition) is 0. The molecule has 1 aliphatic heterocycles. The molecule has 5 rings (SSSR count). The minimum Gasteiger partial charge on any atom is -0.496 e. The van der Waals surface area contributed by atoms with Gasteiger partial charge in [0.2, 0.25) is 0 Å². The number of ether oxygens (including phenoxy) is 1. The third-order valence-electron chi connectivity index (χ3n) is 6.82. The van der Waals surface area contributed by atoms with E-state index in [0.29, 0.717) is 5.92 Å². The Balaban J connectivity index is 1.61. The number of hydrogen-bond acceptors (Lipinski definition) is 2. The number of nitrogens with zero attached hydrogens (tertiary/aromatic N) is 1. The monoisotopic (exact) mass is 345 g/mol. The van der Waals surface area contributed by atoms with Crippen LogP contribution in [0.1, 0.15) is 59.4 Å². The fraction of sp³-hybridized carbons (Fsp3) is 0.458. The molecule has 2 aromatic rings. The second kappa shape index (κ2) is 5.97. The van der Waals surface area contributed by atoms with Gasteiger partial charge in [0.1, 0.15) is 5.75 Å².